The molecule has 0 saturated heterocycles. The normalized spacial score (nSPS) is 13.8. The molecule has 3 rings (SSSR count). The van der Waals surface area contributed by atoms with E-state index < -0.39 is 11.9 Å². The zero-order chi connectivity index (χ0) is 25.0. The van der Waals surface area contributed by atoms with E-state index in [4.69, 9.17) is 20.9 Å². The fraction of sp³-hybridized carbons (Fsp3) is 0.385. The molecule has 9 nitrogen and oxygen atoms in total. The molecule has 0 radical (unpaired) electrons. The van der Waals surface area contributed by atoms with E-state index in [-0.39, 0.29) is 30.9 Å². The van der Waals surface area contributed by atoms with Gasteiger partial charge < -0.3 is 26.3 Å². The molecule has 1 amide bonds. The maximum absolute atomic E-state index is 12.3. The molecule has 2 aromatic carbocycles. The first-order valence-corrected chi connectivity index (χ1v) is 11.8. The Morgan fingerprint density at radius 2 is 1.57 bits per heavy atom. The number of benzene rings is 2. The number of rotatable bonds is 9. The van der Waals surface area contributed by atoms with Crippen LogP contribution in [0.25, 0.3) is 0 Å². The predicted molar refractivity (Wildman–Crippen MR) is 132 cm³/mol. The van der Waals surface area contributed by atoms with Crippen LogP contribution in [0, 0.1) is 0 Å². The lowest BCUT2D eigenvalue weighted by atomic mass is 10.1. The van der Waals surface area contributed by atoms with Crippen molar-refractivity contribution in [2.75, 3.05) is 6.61 Å². The Balaban J connectivity index is 1.38. The quantitative estimate of drug-likeness (QED) is 0.164. The number of carbonyl (C=O) groups excluding carboxylic acids is 3. The lowest BCUT2D eigenvalue weighted by Crippen LogP contribution is -2.37. The number of nitrogens with one attached hydrogen (secondary N) is 1. The van der Waals surface area contributed by atoms with Gasteiger partial charge in [0.2, 0.25) is 0 Å². The number of carbonyl (C=O) groups is 3. The summed E-state index contributed by atoms with van der Waals surface area (Å²) in [5, 5.41) is 2.96. The smallest absolute Gasteiger partial charge is 0.343 e. The molecular weight excluding hydrogens is 448 g/mol. The summed E-state index contributed by atoms with van der Waals surface area (Å²) in [5.41, 5.74) is 12.4. The number of guanidine groups is 1. The highest BCUT2D eigenvalue weighted by atomic mass is 16.5. The van der Waals surface area contributed by atoms with Gasteiger partial charge in [-0.15, -0.1) is 0 Å². The fourth-order valence-corrected chi connectivity index (χ4v) is 3.87. The van der Waals surface area contributed by atoms with Gasteiger partial charge in [0.1, 0.15) is 5.75 Å². The van der Waals surface area contributed by atoms with Gasteiger partial charge in [-0.25, -0.2) is 9.79 Å². The van der Waals surface area contributed by atoms with Crippen molar-refractivity contribution in [3.8, 4) is 5.75 Å². The Morgan fingerprint density at radius 3 is 2.20 bits per heavy atom. The molecule has 0 atom stereocenters. The Labute approximate surface area is 204 Å². The van der Waals surface area contributed by atoms with Gasteiger partial charge in [0.15, 0.2) is 12.6 Å². The van der Waals surface area contributed by atoms with Gasteiger partial charge in [0, 0.05) is 12.5 Å². The van der Waals surface area contributed by atoms with Crippen LogP contribution in [0.15, 0.2) is 53.5 Å². The fourth-order valence-electron chi connectivity index (χ4n) is 3.87. The second kappa shape index (κ2) is 13.1. The third kappa shape index (κ3) is 9.11. The van der Waals surface area contributed by atoms with Crippen LogP contribution in [-0.2, 0) is 20.7 Å². The first-order chi connectivity index (χ1) is 16.9. The molecule has 1 saturated carbocycles. The molecule has 1 aliphatic carbocycles. The van der Waals surface area contributed by atoms with E-state index in [0.29, 0.717) is 23.4 Å². The molecule has 1 fully saturated rings. The van der Waals surface area contributed by atoms with E-state index >= 15 is 0 Å². The topological polar surface area (TPSA) is 146 Å². The molecule has 0 unspecified atom stereocenters. The second-order valence-corrected chi connectivity index (χ2v) is 8.53. The lowest BCUT2D eigenvalue weighted by molar-refractivity contribution is -0.148. The largest absolute Gasteiger partial charge is 0.456 e. The zero-order valence-corrected chi connectivity index (χ0v) is 19.7. The van der Waals surface area contributed by atoms with E-state index in [0.717, 1.165) is 31.2 Å². The van der Waals surface area contributed by atoms with Crippen LogP contribution in [0.4, 0.5) is 5.69 Å². The molecular formula is C26H32N4O5. The van der Waals surface area contributed by atoms with E-state index in [2.05, 4.69) is 10.3 Å². The van der Waals surface area contributed by atoms with E-state index in [9.17, 15) is 14.4 Å². The van der Waals surface area contributed by atoms with Crippen molar-refractivity contribution < 1.29 is 23.9 Å². The van der Waals surface area contributed by atoms with Gasteiger partial charge in [0.05, 0.1) is 11.3 Å². The van der Waals surface area contributed by atoms with Crippen LogP contribution >= 0.6 is 0 Å². The average molecular weight is 481 g/mol. The molecule has 0 aromatic heterocycles. The van der Waals surface area contributed by atoms with Crippen LogP contribution in [0.5, 0.6) is 5.75 Å². The number of aliphatic imine (C=N–C) groups is 1. The number of hydrogen-bond donors (Lipinski definition) is 3. The summed E-state index contributed by atoms with van der Waals surface area (Å²) in [6, 6.07) is 13.4. The molecule has 0 heterocycles. The molecule has 0 bridgehead atoms. The third-order valence-corrected chi connectivity index (χ3v) is 5.70. The second-order valence-electron chi connectivity index (χ2n) is 8.53. The number of aryl methyl sites for hydroxylation is 1. The Kier molecular flexibility index (Phi) is 9.65. The summed E-state index contributed by atoms with van der Waals surface area (Å²) in [4.78, 5) is 40.3. The SMILES string of the molecule is NC(N)=Nc1ccc(C(=O)Oc2ccc(CCC(=O)OCC(=O)NC3CCCCCC3)cc2)cc1. The number of ether oxygens (including phenoxy) is 2. The summed E-state index contributed by atoms with van der Waals surface area (Å²) >= 11 is 0. The van der Waals surface area contributed by atoms with E-state index in [1.165, 1.54) is 12.8 Å². The van der Waals surface area contributed by atoms with Gasteiger partial charge in [-0.1, -0.05) is 37.8 Å². The standard InChI is InChI=1S/C26H32N4O5/c27-26(28)30-21-12-10-19(11-13-21)25(33)35-22-14-7-18(8-15-22)9-16-24(32)34-17-23(31)29-20-5-3-1-2-4-6-20/h7-8,10-15,20H,1-6,9,16-17H2,(H,29,31)(H4,27,28,30). The van der Waals surface area contributed by atoms with Crippen LogP contribution in [0.2, 0.25) is 0 Å². The molecule has 9 heteroatoms. The van der Waals surface area contributed by atoms with Gasteiger partial charge in [-0.3, -0.25) is 9.59 Å². The van der Waals surface area contributed by atoms with Crippen LogP contribution < -0.4 is 21.5 Å². The van der Waals surface area contributed by atoms with Crippen LogP contribution in [0.1, 0.15) is 60.9 Å². The van der Waals surface area contributed by atoms with Crippen molar-refractivity contribution >= 4 is 29.5 Å². The maximum Gasteiger partial charge on any atom is 0.343 e. The van der Waals surface area contributed by atoms with Crippen LogP contribution in [-0.4, -0.2) is 36.5 Å². The van der Waals surface area contributed by atoms with Crippen molar-refractivity contribution in [1.29, 1.82) is 0 Å². The average Bonchev–Trinajstić information content (AvgIpc) is 3.11. The number of amides is 1. The predicted octanol–water partition coefficient (Wildman–Crippen LogP) is 3.13. The zero-order valence-electron chi connectivity index (χ0n) is 19.7. The summed E-state index contributed by atoms with van der Waals surface area (Å²) in [6.45, 7) is -0.253. The molecule has 2 aromatic rings. The molecule has 35 heavy (non-hydrogen) atoms. The lowest BCUT2D eigenvalue weighted by Gasteiger charge is -2.16. The van der Waals surface area contributed by atoms with Gasteiger partial charge in [0.25, 0.3) is 5.91 Å². The summed E-state index contributed by atoms with van der Waals surface area (Å²) in [7, 11) is 0. The van der Waals surface area contributed by atoms with Crippen molar-refractivity contribution in [3.63, 3.8) is 0 Å². The van der Waals surface area contributed by atoms with E-state index in [1.807, 2.05) is 0 Å². The third-order valence-electron chi connectivity index (χ3n) is 5.70. The first kappa shape index (κ1) is 25.7. The minimum absolute atomic E-state index is 0.0656. The van der Waals surface area contributed by atoms with Crippen molar-refractivity contribution in [3.05, 3.63) is 59.7 Å². The Morgan fingerprint density at radius 1 is 0.914 bits per heavy atom. The molecule has 5 N–H and O–H groups in total. The van der Waals surface area contributed by atoms with Crippen molar-refractivity contribution in [2.24, 2.45) is 16.5 Å². The minimum Gasteiger partial charge on any atom is -0.456 e. The first-order valence-electron chi connectivity index (χ1n) is 11.8. The van der Waals surface area contributed by atoms with Gasteiger partial charge >= 0.3 is 11.9 Å². The van der Waals surface area contributed by atoms with Crippen LogP contribution in [0.3, 0.4) is 0 Å². The highest BCUT2D eigenvalue weighted by molar-refractivity contribution is 5.91. The summed E-state index contributed by atoms with van der Waals surface area (Å²) in [6.07, 6.45) is 7.22. The Hall–Kier alpha value is -3.88. The molecule has 0 aliphatic heterocycles. The number of nitrogens with zero attached hydrogens (tertiary/aromatic N) is 1. The minimum atomic E-state index is -0.514. The molecule has 186 valence electrons. The number of nitrogens with two attached hydrogens (primary N) is 2. The summed E-state index contributed by atoms with van der Waals surface area (Å²) in [5.74, 6) is -0.878. The summed E-state index contributed by atoms with van der Waals surface area (Å²) < 4.78 is 10.5. The monoisotopic (exact) mass is 480 g/mol. The highest BCUT2D eigenvalue weighted by Gasteiger charge is 2.16. The van der Waals surface area contributed by atoms with Crippen molar-refractivity contribution in [2.45, 2.75) is 57.4 Å². The molecule has 0 spiro atoms. The van der Waals surface area contributed by atoms with Gasteiger partial charge in [-0.2, -0.15) is 0 Å². The maximum atomic E-state index is 12.3. The van der Waals surface area contributed by atoms with E-state index in [1.54, 1.807) is 48.5 Å². The van der Waals surface area contributed by atoms with Crippen molar-refractivity contribution in [1.82, 2.24) is 5.32 Å². The number of esters is 2. The van der Waals surface area contributed by atoms with Gasteiger partial charge in [-0.05, 0) is 61.2 Å². The highest BCUT2D eigenvalue weighted by Crippen LogP contribution is 2.18. The number of hydrogen-bond acceptors (Lipinski definition) is 6. The molecule has 1 aliphatic rings. The Bertz CT molecular complexity index is 1020.